The maximum atomic E-state index is 6.59. The number of nitrogens with two attached hydrogens (primary N) is 1. The van der Waals surface area contributed by atoms with Crippen LogP contribution in [0, 0.1) is 0 Å². The van der Waals surface area contributed by atoms with Crippen LogP contribution in [0.15, 0.2) is 22.9 Å². The number of aromatic nitrogens is 1. The summed E-state index contributed by atoms with van der Waals surface area (Å²) in [6.07, 6.45) is 9.70. The molecule has 1 aromatic heterocycles. The van der Waals surface area contributed by atoms with E-state index in [-0.39, 0.29) is 11.6 Å². The fraction of sp³-hybridized carbons (Fsp3) is 0.688. The summed E-state index contributed by atoms with van der Waals surface area (Å²) in [7, 11) is 0. The molecule has 1 aromatic rings. The average molecular weight is 340 g/mol. The van der Waals surface area contributed by atoms with E-state index >= 15 is 0 Å². The van der Waals surface area contributed by atoms with E-state index in [1.165, 1.54) is 37.9 Å². The summed E-state index contributed by atoms with van der Waals surface area (Å²) in [5.74, 6) is 0. The molecule has 0 saturated carbocycles. The van der Waals surface area contributed by atoms with Crippen molar-refractivity contribution in [3.63, 3.8) is 0 Å². The van der Waals surface area contributed by atoms with Gasteiger partial charge in [-0.3, -0.25) is 9.88 Å². The van der Waals surface area contributed by atoms with Crippen LogP contribution in [-0.4, -0.2) is 34.6 Å². The first-order valence-corrected chi connectivity index (χ1v) is 8.45. The molecule has 2 rings (SSSR count). The summed E-state index contributed by atoms with van der Waals surface area (Å²) in [6.45, 7) is 6.96. The van der Waals surface area contributed by atoms with E-state index < -0.39 is 0 Å². The minimum absolute atomic E-state index is 0.0860. The molecule has 2 unspecified atom stereocenters. The fourth-order valence-corrected chi connectivity index (χ4v) is 3.58. The third-order valence-corrected chi connectivity index (χ3v) is 5.24. The predicted octanol–water partition coefficient (Wildman–Crippen LogP) is 3.37. The second kappa shape index (κ2) is 7.01. The summed E-state index contributed by atoms with van der Waals surface area (Å²) < 4.78 is 1.03. The number of pyridine rings is 1. The first kappa shape index (κ1) is 15.9. The van der Waals surface area contributed by atoms with E-state index in [1.807, 2.05) is 12.4 Å². The normalized spacial score (nSPS) is 21.4. The molecule has 2 atom stereocenters. The van der Waals surface area contributed by atoms with Gasteiger partial charge in [-0.1, -0.05) is 13.3 Å². The number of nitrogens with zero attached hydrogens (tertiary/aromatic N) is 2. The van der Waals surface area contributed by atoms with Crippen LogP contribution in [0.5, 0.6) is 0 Å². The quantitative estimate of drug-likeness (QED) is 0.894. The van der Waals surface area contributed by atoms with E-state index in [2.05, 4.69) is 45.7 Å². The van der Waals surface area contributed by atoms with E-state index in [0.29, 0.717) is 0 Å². The molecule has 112 valence electrons. The minimum atomic E-state index is 0.0860. The molecule has 20 heavy (non-hydrogen) atoms. The molecular weight excluding hydrogens is 314 g/mol. The SMILES string of the molecule is CCC(C)(C(N)Cc1cncc(Br)c1)N1CCCCC1. The molecule has 1 aliphatic heterocycles. The van der Waals surface area contributed by atoms with Gasteiger partial charge in [0.25, 0.3) is 0 Å². The largest absolute Gasteiger partial charge is 0.326 e. The van der Waals surface area contributed by atoms with Crippen molar-refractivity contribution in [3.05, 3.63) is 28.5 Å². The Bertz CT molecular complexity index is 431. The topological polar surface area (TPSA) is 42.1 Å². The van der Waals surface area contributed by atoms with Gasteiger partial charge in [0.2, 0.25) is 0 Å². The molecule has 0 spiro atoms. The summed E-state index contributed by atoms with van der Waals surface area (Å²) in [6, 6.07) is 2.26. The van der Waals surface area contributed by atoms with Gasteiger partial charge in [0.1, 0.15) is 0 Å². The Morgan fingerprint density at radius 3 is 2.65 bits per heavy atom. The molecule has 0 bridgehead atoms. The second-order valence-corrected chi connectivity index (χ2v) is 7.00. The van der Waals surface area contributed by atoms with Crippen molar-refractivity contribution in [3.8, 4) is 0 Å². The number of piperidine rings is 1. The lowest BCUT2D eigenvalue weighted by atomic mass is 9.83. The lowest BCUT2D eigenvalue weighted by Crippen LogP contribution is -2.59. The van der Waals surface area contributed by atoms with Crippen LogP contribution in [0.4, 0.5) is 0 Å². The highest BCUT2D eigenvalue weighted by molar-refractivity contribution is 9.10. The van der Waals surface area contributed by atoms with Crippen LogP contribution in [0.25, 0.3) is 0 Å². The zero-order valence-corrected chi connectivity index (χ0v) is 14.2. The van der Waals surface area contributed by atoms with Gasteiger partial charge in [0.05, 0.1) is 0 Å². The van der Waals surface area contributed by atoms with E-state index in [1.54, 1.807) is 0 Å². The highest BCUT2D eigenvalue weighted by Crippen LogP contribution is 2.28. The lowest BCUT2D eigenvalue weighted by Gasteiger charge is -2.47. The van der Waals surface area contributed by atoms with Crippen molar-refractivity contribution in [1.82, 2.24) is 9.88 Å². The van der Waals surface area contributed by atoms with Gasteiger partial charge in [0, 0.05) is 28.4 Å². The van der Waals surface area contributed by atoms with Crippen molar-refractivity contribution in [1.29, 1.82) is 0 Å². The number of hydrogen-bond donors (Lipinski definition) is 1. The molecule has 0 radical (unpaired) electrons. The van der Waals surface area contributed by atoms with E-state index in [9.17, 15) is 0 Å². The Balaban J connectivity index is 2.09. The molecule has 2 N–H and O–H groups in total. The first-order valence-electron chi connectivity index (χ1n) is 7.66. The standard InChI is InChI=1S/C16H26BrN3/c1-3-16(2,20-7-5-4-6-8-20)15(18)10-13-9-14(17)12-19-11-13/h9,11-12,15H,3-8,10,18H2,1-2H3. The molecule has 3 nitrogen and oxygen atoms in total. The molecule has 4 heteroatoms. The maximum Gasteiger partial charge on any atom is 0.0410 e. The molecule has 0 aromatic carbocycles. The van der Waals surface area contributed by atoms with Gasteiger partial charge in [-0.2, -0.15) is 0 Å². The van der Waals surface area contributed by atoms with Crippen molar-refractivity contribution in [2.75, 3.05) is 13.1 Å². The first-order chi connectivity index (χ1) is 9.56. The lowest BCUT2D eigenvalue weighted by molar-refractivity contribution is 0.0546. The molecule has 1 saturated heterocycles. The summed E-state index contributed by atoms with van der Waals surface area (Å²) in [5, 5.41) is 0. The van der Waals surface area contributed by atoms with Gasteiger partial charge in [0.15, 0.2) is 0 Å². The van der Waals surface area contributed by atoms with Gasteiger partial charge < -0.3 is 5.73 Å². The highest BCUT2D eigenvalue weighted by atomic mass is 79.9. The van der Waals surface area contributed by atoms with Gasteiger partial charge in [-0.15, -0.1) is 0 Å². The Hall–Kier alpha value is -0.450. The second-order valence-electron chi connectivity index (χ2n) is 6.08. The Labute approximate surface area is 131 Å². The van der Waals surface area contributed by atoms with Crippen molar-refractivity contribution >= 4 is 15.9 Å². The van der Waals surface area contributed by atoms with Crippen LogP contribution < -0.4 is 5.73 Å². The number of hydrogen-bond acceptors (Lipinski definition) is 3. The Morgan fingerprint density at radius 2 is 2.05 bits per heavy atom. The van der Waals surface area contributed by atoms with Crippen LogP contribution in [0.2, 0.25) is 0 Å². The van der Waals surface area contributed by atoms with Crippen LogP contribution >= 0.6 is 15.9 Å². The summed E-state index contributed by atoms with van der Waals surface area (Å²) in [4.78, 5) is 6.85. The zero-order valence-electron chi connectivity index (χ0n) is 12.6. The minimum Gasteiger partial charge on any atom is -0.326 e. The molecule has 1 aliphatic rings. The van der Waals surface area contributed by atoms with Gasteiger partial charge in [-0.05, 0) is 73.3 Å². The molecule has 0 aliphatic carbocycles. The number of halogens is 1. The summed E-state index contributed by atoms with van der Waals surface area (Å²) in [5.41, 5.74) is 7.89. The average Bonchev–Trinajstić information content (AvgIpc) is 2.47. The Kier molecular flexibility index (Phi) is 5.58. The van der Waals surface area contributed by atoms with Crippen molar-refractivity contribution in [2.24, 2.45) is 5.73 Å². The predicted molar refractivity (Wildman–Crippen MR) is 87.7 cm³/mol. The smallest absolute Gasteiger partial charge is 0.0410 e. The molecule has 2 heterocycles. The van der Waals surface area contributed by atoms with E-state index in [0.717, 1.165) is 17.3 Å². The van der Waals surface area contributed by atoms with Crippen LogP contribution in [0.3, 0.4) is 0 Å². The van der Waals surface area contributed by atoms with Crippen LogP contribution in [0.1, 0.15) is 45.1 Å². The Morgan fingerprint density at radius 1 is 1.35 bits per heavy atom. The van der Waals surface area contributed by atoms with Crippen molar-refractivity contribution in [2.45, 2.75) is 57.5 Å². The number of likely N-dealkylation sites (tertiary alicyclic amines) is 1. The van der Waals surface area contributed by atoms with Gasteiger partial charge in [-0.25, -0.2) is 0 Å². The fourth-order valence-electron chi connectivity index (χ4n) is 3.17. The monoisotopic (exact) mass is 339 g/mol. The third-order valence-electron chi connectivity index (χ3n) is 4.81. The third kappa shape index (κ3) is 3.60. The molecule has 0 amide bonds. The maximum absolute atomic E-state index is 6.59. The van der Waals surface area contributed by atoms with Crippen molar-refractivity contribution < 1.29 is 0 Å². The summed E-state index contributed by atoms with van der Waals surface area (Å²) >= 11 is 3.48. The molecular formula is C16H26BrN3. The van der Waals surface area contributed by atoms with E-state index in [4.69, 9.17) is 5.73 Å². The molecule has 1 fully saturated rings. The highest BCUT2D eigenvalue weighted by Gasteiger charge is 2.36. The number of rotatable bonds is 5. The zero-order chi connectivity index (χ0) is 14.6. The van der Waals surface area contributed by atoms with Gasteiger partial charge >= 0.3 is 0 Å². The van der Waals surface area contributed by atoms with Crippen LogP contribution in [-0.2, 0) is 6.42 Å².